The minimum absolute atomic E-state index is 0.0583. The predicted octanol–water partition coefficient (Wildman–Crippen LogP) is 1.17. The molecular weight excluding hydrogens is 268 g/mol. The van der Waals surface area contributed by atoms with Gasteiger partial charge in [0.1, 0.15) is 5.78 Å². The second kappa shape index (κ2) is 7.90. The molecular formula is C16H28N2O3. The van der Waals surface area contributed by atoms with E-state index >= 15 is 0 Å². The molecule has 1 aliphatic heterocycles. The van der Waals surface area contributed by atoms with Crippen molar-refractivity contribution in [3.63, 3.8) is 0 Å². The molecule has 1 aliphatic carbocycles. The minimum Gasteiger partial charge on any atom is -0.379 e. The van der Waals surface area contributed by atoms with Crippen LogP contribution in [0.3, 0.4) is 0 Å². The number of rotatable bonds is 5. The van der Waals surface area contributed by atoms with E-state index in [1.54, 1.807) is 6.92 Å². The predicted molar refractivity (Wildman–Crippen MR) is 81.0 cm³/mol. The van der Waals surface area contributed by atoms with Gasteiger partial charge in [-0.15, -0.1) is 0 Å². The van der Waals surface area contributed by atoms with Gasteiger partial charge in [0.2, 0.25) is 5.91 Å². The van der Waals surface area contributed by atoms with Gasteiger partial charge in [0.05, 0.1) is 13.2 Å². The summed E-state index contributed by atoms with van der Waals surface area (Å²) in [5.74, 6) is 0.181. The third-order valence-corrected chi connectivity index (χ3v) is 4.84. The first-order valence-electron chi connectivity index (χ1n) is 8.15. The second-order valence-corrected chi connectivity index (χ2v) is 6.32. The average molecular weight is 296 g/mol. The summed E-state index contributed by atoms with van der Waals surface area (Å²) in [6, 6.07) is 0. The smallest absolute Gasteiger partial charge is 0.226 e. The van der Waals surface area contributed by atoms with Gasteiger partial charge >= 0.3 is 0 Å². The number of carbonyl (C=O) groups is 2. The third-order valence-electron chi connectivity index (χ3n) is 4.84. The van der Waals surface area contributed by atoms with E-state index in [1.165, 1.54) is 0 Å². The molecule has 0 spiro atoms. The third kappa shape index (κ3) is 4.51. The number of likely N-dealkylation sites (N-methyl/N-ethyl adjacent to an activating group) is 1. The SMILES string of the molecule is CC(=O)[C@@H]1CCCC[C@@H]1C(=O)N(C)CCN1CCOCC1. The molecule has 1 saturated heterocycles. The quantitative estimate of drug-likeness (QED) is 0.764. The van der Waals surface area contributed by atoms with Crippen molar-refractivity contribution in [2.75, 3.05) is 46.4 Å². The molecule has 21 heavy (non-hydrogen) atoms. The second-order valence-electron chi connectivity index (χ2n) is 6.32. The molecule has 0 aromatic carbocycles. The fourth-order valence-electron chi connectivity index (χ4n) is 3.42. The molecule has 1 saturated carbocycles. The summed E-state index contributed by atoms with van der Waals surface area (Å²) in [7, 11) is 1.87. The zero-order chi connectivity index (χ0) is 15.2. The first-order chi connectivity index (χ1) is 10.1. The zero-order valence-corrected chi connectivity index (χ0v) is 13.3. The highest BCUT2D eigenvalue weighted by Crippen LogP contribution is 2.31. The van der Waals surface area contributed by atoms with Crippen molar-refractivity contribution in [1.82, 2.24) is 9.80 Å². The van der Waals surface area contributed by atoms with Crippen LogP contribution in [0.2, 0.25) is 0 Å². The first kappa shape index (κ1) is 16.4. The molecule has 0 aromatic rings. The molecule has 0 radical (unpaired) electrons. The van der Waals surface area contributed by atoms with E-state index in [1.807, 2.05) is 11.9 Å². The molecule has 2 atom stereocenters. The summed E-state index contributed by atoms with van der Waals surface area (Å²) in [5, 5.41) is 0. The highest BCUT2D eigenvalue weighted by atomic mass is 16.5. The lowest BCUT2D eigenvalue weighted by Gasteiger charge is -2.33. The van der Waals surface area contributed by atoms with Crippen molar-refractivity contribution in [3.8, 4) is 0 Å². The molecule has 5 heteroatoms. The molecule has 0 aromatic heterocycles. The Bertz CT molecular complexity index is 367. The number of carbonyl (C=O) groups excluding carboxylic acids is 2. The van der Waals surface area contributed by atoms with Gasteiger partial charge in [-0.1, -0.05) is 12.8 Å². The van der Waals surface area contributed by atoms with Crippen LogP contribution in [-0.2, 0) is 14.3 Å². The Morgan fingerprint density at radius 1 is 1.14 bits per heavy atom. The van der Waals surface area contributed by atoms with Crippen molar-refractivity contribution in [2.45, 2.75) is 32.6 Å². The maximum Gasteiger partial charge on any atom is 0.226 e. The van der Waals surface area contributed by atoms with Crippen LogP contribution in [0.5, 0.6) is 0 Å². The average Bonchev–Trinajstić information content (AvgIpc) is 2.52. The molecule has 0 bridgehead atoms. The number of amides is 1. The summed E-state index contributed by atoms with van der Waals surface area (Å²) < 4.78 is 5.33. The topological polar surface area (TPSA) is 49.9 Å². The van der Waals surface area contributed by atoms with Gasteiger partial charge in [0.25, 0.3) is 0 Å². The number of ether oxygens (including phenoxy) is 1. The highest BCUT2D eigenvalue weighted by molar-refractivity contribution is 5.87. The monoisotopic (exact) mass is 296 g/mol. The van der Waals surface area contributed by atoms with E-state index in [2.05, 4.69) is 4.90 Å². The number of hydrogen-bond donors (Lipinski definition) is 0. The molecule has 120 valence electrons. The number of ketones is 1. The van der Waals surface area contributed by atoms with Crippen molar-refractivity contribution in [1.29, 1.82) is 0 Å². The Morgan fingerprint density at radius 2 is 1.76 bits per heavy atom. The lowest BCUT2D eigenvalue weighted by molar-refractivity contribution is -0.141. The van der Waals surface area contributed by atoms with Gasteiger partial charge in [-0.25, -0.2) is 0 Å². The van der Waals surface area contributed by atoms with E-state index in [0.717, 1.165) is 65.1 Å². The Morgan fingerprint density at radius 3 is 2.38 bits per heavy atom. The molecule has 2 rings (SSSR count). The number of nitrogens with zero attached hydrogens (tertiary/aromatic N) is 2. The van der Waals surface area contributed by atoms with Crippen molar-refractivity contribution in [3.05, 3.63) is 0 Å². The number of morpholine rings is 1. The van der Waals surface area contributed by atoms with Crippen LogP contribution in [-0.4, -0.2) is 67.9 Å². The van der Waals surface area contributed by atoms with E-state index in [9.17, 15) is 9.59 Å². The summed E-state index contributed by atoms with van der Waals surface area (Å²) in [5.41, 5.74) is 0. The van der Waals surface area contributed by atoms with Gasteiger partial charge in [-0.05, 0) is 19.8 Å². The lowest BCUT2D eigenvalue weighted by Crippen LogP contribution is -2.45. The molecule has 0 unspecified atom stereocenters. The van der Waals surface area contributed by atoms with E-state index in [-0.39, 0.29) is 23.5 Å². The van der Waals surface area contributed by atoms with Crippen LogP contribution in [0.25, 0.3) is 0 Å². The summed E-state index contributed by atoms with van der Waals surface area (Å²) in [6.07, 6.45) is 3.89. The van der Waals surface area contributed by atoms with Gasteiger partial charge in [-0.3, -0.25) is 14.5 Å². The largest absolute Gasteiger partial charge is 0.379 e. The fourth-order valence-corrected chi connectivity index (χ4v) is 3.42. The highest BCUT2D eigenvalue weighted by Gasteiger charge is 2.35. The van der Waals surface area contributed by atoms with Crippen LogP contribution >= 0.6 is 0 Å². The molecule has 2 aliphatic rings. The van der Waals surface area contributed by atoms with Gasteiger partial charge in [0.15, 0.2) is 0 Å². The number of Topliss-reactive ketones (excluding diaryl/α,β-unsaturated/α-hetero) is 1. The van der Waals surface area contributed by atoms with Crippen LogP contribution < -0.4 is 0 Å². The Labute approximate surface area is 127 Å². The van der Waals surface area contributed by atoms with Crippen LogP contribution in [0.4, 0.5) is 0 Å². The van der Waals surface area contributed by atoms with Gasteiger partial charge < -0.3 is 9.64 Å². The maximum absolute atomic E-state index is 12.6. The summed E-state index contributed by atoms with van der Waals surface area (Å²) in [6.45, 7) is 6.72. The van der Waals surface area contributed by atoms with Crippen molar-refractivity contribution < 1.29 is 14.3 Å². The summed E-state index contributed by atoms with van der Waals surface area (Å²) in [4.78, 5) is 28.5. The zero-order valence-electron chi connectivity index (χ0n) is 13.3. The van der Waals surface area contributed by atoms with Crippen LogP contribution in [0.1, 0.15) is 32.6 Å². The van der Waals surface area contributed by atoms with Crippen molar-refractivity contribution >= 4 is 11.7 Å². The van der Waals surface area contributed by atoms with Crippen LogP contribution in [0.15, 0.2) is 0 Å². The molecule has 2 fully saturated rings. The Balaban J connectivity index is 1.83. The Hall–Kier alpha value is -0.940. The Kier molecular flexibility index (Phi) is 6.18. The molecule has 0 N–H and O–H groups in total. The van der Waals surface area contributed by atoms with E-state index in [4.69, 9.17) is 4.74 Å². The molecule has 5 nitrogen and oxygen atoms in total. The normalized spacial score (nSPS) is 27.3. The molecule has 1 amide bonds. The van der Waals surface area contributed by atoms with Crippen molar-refractivity contribution in [2.24, 2.45) is 11.8 Å². The lowest BCUT2D eigenvalue weighted by atomic mass is 9.76. The summed E-state index contributed by atoms with van der Waals surface area (Å²) >= 11 is 0. The standard InChI is InChI=1S/C16H28N2O3/c1-13(19)14-5-3-4-6-15(14)16(20)17(2)7-8-18-9-11-21-12-10-18/h14-15H,3-12H2,1-2H3/t14-,15-/m0/s1. The van der Waals surface area contributed by atoms with E-state index < -0.39 is 0 Å². The van der Waals surface area contributed by atoms with Crippen LogP contribution in [0, 0.1) is 11.8 Å². The fraction of sp³-hybridized carbons (Fsp3) is 0.875. The first-order valence-corrected chi connectivity index (χ1v) is 8.15. The minimum atomic E-state index is -0.0917. The molecule has 1 heterocycles. The number of hydrogen-bond acceptors (Lipinski definition) is 4. The van der Waals surface area contributed by atoms with E-state index in [0.29, 0.717) is 0 Å². The maximum atomic E-state index is 12.6. The van der Waals surface area contributed by atoms with Gasteiger partial charge in [-0.2, -0.15) is 0 Å². The van der Waals surface area contributed by atoms with Gasteiger partial charge in [0, 0.05) is 45.1 Å².